The average molecular weight is 764 g/mol. The molecule has 2 aliphatic heterocycles. The van der Waals surface area contributed by atoms with Crippen LogP contribution < -0.4 is 14.2 Å². The molecule has 0 spiro atoms. The summed E-state index contributed by atoms with van der Waals surface area (Å²) in [6.07, 6.45) is 5.74. The Morgan fingerprint density at radius 1 is 0.907 bits per heavy atom. The van der Waals surface area contributed by atoms with Crippen LogP contribution in [0.2, 0.25) is 5.02 Å². The van der Waals surface area contributed by atoms with Crippen LogP contribution in [0.5, 0.6) is 17.2 Å². The Kier molecular flexibility index (Phi) is 12.1. The van der Waals surface area contributed by atoms with Crippen molar-refractivity contribution >= 4 is 22.9 Å². The molecule has 280 valence electrons. The summed E-state index contributed by atoms with van der Waals surface area (Å²) in [6.45, 7) is 12.5. The zero-order valence-electron chi connectivity index (χ0n) is 31.1. The molecule has 0 bridgehead atoms. The number of aromatic nitrogens is 2. The number of likely N-dealkylation sites (tertiary alicyclic amines) is 1. The highest BCUT2D eigenvalue weighted by Crippen LogP contribution is 2.37. The first-order valence-corrected chi connectivity index (χ1v) is 19.7. The van der Waals surface area contributed by atoms with E-state index >= 15 is 0 Å². The van der Waals surface area contributed by atoms with E-state index in [1.807, 2.05) is 24.3 Å². The third-order valence-corrected chi connectivity index (χ3v) is 11.6. The number of pyridine rings is 1. The molecule has 1 N–H and O–H groups in total. The van der Waals surface area contributed by atoms with Crippen molar-refractivity contribution < 1.29 is 19.3 Å². The first kappa shape index (κ1) is 37.8. The molecular weight excluding hydrogens is 718 g/mol. The molecule has 9 nitrogen and oxygen atoms in total. The molecule has 1 fully saturated rings. The Balaban J connectivity index is 1.06. The lowest BCUT2D eigenvalue weighted by atomic mass is 9.93. The Morgan fingerprint density at radius 2 is 1.72 bits per heavy atom. The molecule has 0 amide bonds. The zero-order chi connectivity index (χ0) is 37.6. The van der Waals surface area contributed by atoms with E-state index in [0.717, 1.165) is 102 Å². The molecule has 54 heavy (non-hydrogen) atoms. The van der Waals surface area contributed by atoms with E-state index in [-0.39, 0.29) is 12.7 Å². The maximum absolute atomic E-state index is 9.82. The number of fused-ring (bicyclic) bond motifs is 1. The number of aryl methyl sites for hydroxylation is 1. The Labute approximate surface area is 326 Å². The van der Waals surface area contributed by atoms with Gasteiger partial charge in [0.2, 0.25) is 0 Å². The summed E-state index contributed by atoms with van der Waals surface area (Å²) < 4.78 is 19.1. The molecule has 1 unspecified atom stereocenters. The second kappa shape index (κ2) is 17.3. The first-order valence-electron chi connectivity index (χ1n) is 18.6. The number of nitrogens with zero attached hydrogens (tertiary/aromatic N) is 5. The van der Waals surface area contributed by atoms with Gasteiger partial charge in [-0.3, -0.25) is 9.88 Å². The SMILES string of the molecule is Cc1nc2c(s1)CN(Cc1cc(Cl)c(OCc3cccc(-c4cccc(OCCCN5CCC(O)C5)c4C)c3C)cc1OCc1cncc(C#N)c1)CC2. The van der Waals surface area contributed by atoms with Gasteiger partial charge in [0.1, 0.15) is 36.5 Å². The number of rotatable bonds is 14. The van der Waals surface area contributed by atoms with Crippen LogP contribution in [0.25, 0.3) is 11.1 Å². The van der Waals surface area contributed by atoms with Crippen molar-refractivity contribution in [2.24, 2.45) is 0 Å². The van der Waals surface area contributed by atoms with Crippen molar-refractivity contribution in [3.63, 3.8) is 0 Å². The van der Waals surface area contributed by atoms with Crippen LogP contribution >= 0.6 is 22.9 Å². The van der Waals surface area contributed by atoms with E-state index in [2.05, 4.69) is 65.9 Å². The molecule has 0 saturated carbocycles. The lowest BCUT2D eigenvalue weighted by molar-refractivity contribution is 0.173. The number of aliphatic hydroxyl groups is 1. The van der Waals surface area contributed by atoms with Crippen LogP contribution in [-0.2, 0) is 32.7 Å². The smallest absolute Gasteiger partial charge is 0.142 e. The van der Waals surface area contributed by atoms with Gasteiger partial charge in [-0.25, -0.2) is 4.98 Å². The van der Waals surface area contributed by atoms with Gasteiger partial charge in [-0.2, -0.15) is 5.26 Å². The van der Waals surface area contributed by atoms with Crippen molar-refractivity contribution in [3.05, 3.63) is 121 Å². The second-order valence-corrected chi connectivity index (χ2v) is 15.9. The van der Waals surface area contributed by atoms with Gasteiger partial charge in [-0.15, -0.1) is 11.3 Å². The summed E-state index contributed by atoms with van der Waals surface area (Å²) in [7, 11) is 0. The average Bonchev–Trinajstić information content (AvgIpc) is 3.77. The maximum Gasteiger partial charge on any atom is 0.142 e. The number of β-amino-alcohol motifs (C(OH)–C–C–N with tert-alkyl or cyclic N) is 1. The number of aliphatic hydroxyl groups excluding tert-OH is 1. The fourth-order valence-electron chi connectivity index (χ4n) is 7.32. The summed E-state index contributed by atoms with van der Waals surface area (Å²) in [6, 6.07) is 20.3. The second-order valence-electron chi connectivity index (χ2n) is 14.2. The molecule has 2 aromatic heterocycles. The summed E-state index contributed by atoms with van der Waals surface area (Å²) in [4.78, 5) is 14.9. The minimum atomic E-state index is -0.199. The van der Waals surface area contributed by atoms with E-state index in [4.69, 9.17) is 30.8 Å². The minimum Gasteiger partial charge on any atom is -0.493 e. The Hall–Kier alpha value is -4.50. The van der Waals surface area contributed by atoms with Gasteiger partial charge in [0, 0.05) is 80.2 Å². The van der Waals surface area contributed by atoms with Crippen molar-refractivity contribution in [1.29, 1.82) is 5.26 Å². The number of hydrogen-bond acceptors (Lipinski definition) is 10. The number of ether oxygens (including phenoxy) is 3. The monoisotopic (exact) mass is 763 g/mol. The number of thiazole rings is 1. The van der Waals surface area contributed by atoms with E-state index < -0.39 is 0 Å². The fraction of sp³-hybridized carbons (Fsp3) is 0.372. The van der Waals surface area contributed by atoms with Crippen LogP contribution in [0.3, 0.4) is 0 Å². The van der Waals surface area contributed by atoms with Gasteiger partial charge in [0.25, 0.3) is 0 Å². The number of nitriles is 1. The highest BCUT2D eigenvalue weighted by Gasteiger charge is 2.23. The largest absolute Gasteiger partial charge is 0.493 e. The van der Waals surface area contributed by atoms with Crippen molar-refractivity contribution in [2.75, 3.05) is 32.8 Å². The van der Waals surface area contributed by atoms with E-state index in [0.29, 0.717) is 41.8 Å². The molecule has 1 atom stereocenters. The predicted octanol–water partition coefficient (Wildman–Crippen LogP) is 8.21. The topological polar surface area (TPSA) is 104 Å². The van der Waals surface area contributed by atoms with E-state index in [1.165, 1.54) is 10.6 Å². The van der Waals surface area contributed by atoms with Gasteiger partial charge in [0.15, 0.2) is 0 Å². The molecule has 3 aromatic carbocycles. The predicted molar refractivity (Wildman–Crippen MR) is 212 cm³/mol. The zero-order valence-corrected chi connectivity index (χ0v) is 32.7. The Bertz CT molecular complexity index is 2150. The van der Waals surface area contributed by atoms with Gasteiger partial charge in [-0.1, -0.05) is 41.9 Å². The van der Waals surface area contributed by atoms with Crippen molar-refractivity contribution in [3.8, 4) is 34.4 Å². The lowest BCUT2D eigenvalue weighted by Gasteiger charge is -2.27. The number of hydrogen-bond donors (Lipinski definition) is 1. The quantitative estimate of drug-likeness (QED) is 0.112. The van der Waals surface area contributed by atoms with Crippen molar-refractivity contribution in [2.45, 2.75) is 72.4 Å². The van der Waals surface area contributed by atoms with Crippen LogP contribution in [-0.4, -0.2) is 63.8 Å². The molecule has 0 radical (unpaired) electrons. The fourth-order valence-corrected chi connectivity index (χ4v) is 8.59. The van der Waals surface area contributed by atoms with Crippen molar-refractivity contribution in [1.82, 2.24) is 19.8 Å². The van der Waals surface area contributed by atoms with E-state index in [9.17, 15) is 10.4 Å². The Morgan fingerprint density at radius 3 is 2.54 bits per heavy atom. The van der Waals surface area contributed by atoms with Gasteiger partial charge >= 0.3 is 0 Å². The summed E-state index contributed by atoms with van der Waals surface area (Å²) in [5.41, 5.74) is 9.00. The minimum absolute atomic E-state index is 0.199. The summed E-state index contributed by atoms with van der Waals surface area (Å²) in [5.74, 6) is 2.11. The standard InChI is InChI=1S/C43H46ClN5O4S/c1-28-33(7-4-8-36(28)37-9-5-10-40(29(37)2)51-16-6-13-48-14-11-35(50)24-48)27-53-42-19-41(52-26-32-17-31(20-45)21-46-22-32)34(18-38(42)44)23-49-15-12-39-43(25-49)54-30(3)47-39/h4-5,7-10,17-19,21-22,35,50H,6,11-16,23-27H2,1-3H3. The van der Waals surface area contributed by atoms with Gasteiger partial charge < -0.3 is 24.2 Å². The van der Waals surface area contributed by atoms with Gasteiger partial charge in [0.05, 0.1) is 34.0 Å². The molecule has 7 rings (SSSR count). The summed E-state index contributed by atoms with van der Waals surface area (Å²) >= 11 is 8.71. The summed E-state index contributed by atoms with van der Waals surface area (Å²) in [5, 5.41) is 20.8. The first-order chi connectivity index (χ1) is 26.2. The maximum atomic E-state index is 9.82. The third-order valence-electron chi connectivity index (χ3n) is 10.3. The highest BCUT2D eigenvalue weighted by atomic mass is 35.5. The van der Waals surface area contributed by atoms with Crippen LogP contribution in [0.4, 0.5) is 0 Å². The van der Waals surface area contributed by atoms with E-state index in [1.54, 1.807) is 29.8 Å². The molecule has 5 aromatic rings. The van der Waals surface area contributed by atoms with Crippen LogP contribution in [0.1, 0.15) is 61.8 Å². The van der Waals surface area contributed by atoms with Crippen LogP contribution in [0.15, 0.2) is 67.0 Å². The third kappa shape index (κ3) is 9.06. The molecule has 0 aliphatic carbocycles. The lowest BCUT2D eigenvalue weighted by Crippen LogP contribution is -2.29. The molecular formula is C43H46ClN5O4S. The number of halogens is 1. The molecule has 1 saturated heterocycles. The number of benzene rings is 3. The highest BCUT2D eigenvalue weighted by molar-refractivity contribution is 7.11. The molecule has 11 heteroatoms. The van der Waals surface area contributed by atoms with Crippen LogP contribution in [0, 0.1) is 32.1 Å². The molecule has 4 heterocycles. The normalized spacial score (nSPS) is 15.9. The van der Waals surface area contributed by atoms with Gasteiger partial charge in [-0.05, 0) is 79.6 Å². The molecule has 2 aliphatic rings.